The van der Waals surface area contributed by atoms with Crippen molar-refractivity contribution in [2.75, 3.05) is 13.2 Å². The summed E-state index contributed by atoms with van der Waals surface area (Å²) in [6, 6.07) is 8.63. The largest absolute Gasteiger partial charge is 0.377 e. The molecule has 3 rings (SSSR count). The average molecular weight is 392 g/mol. The van der Waals surface area contributed by atoms with Crippen molar-refractivity contribution in [3.63, 3.8) is 0 Å². The summed E-state index contributed by atoms with van der Waals surface area (Å²) < 4.78 is 32.5. The van der Waals surface area contributed by atoms with E-state index in [0.717, 1.165) is 12.8 Å². The fourth-order valence-corrected chi connectivity index (χ4v) is 3.67. The Morgan fingerprint density at radius 3 is 2.48 bits per heavy atom. The first-order chi connectivity index (χ1) is 13.0. The molecule has 2 amide bonds. The fraction of sp³-hybridized carbons (Fsp3) is 0.294. The van der Waals surface area contributed by atoms with Gasteiger partial charge in [0, 0.05) is 24.9 Å². The summed E-state index contributed by atoms with van der Waals surface area (Å²) in [6.07, 6.45) is 3.24. The van der Waals surface area contributed by atoms with E-state index in [1.807, 2.05) is 0 Å². The number of hydrogen-bond donors (Lipinski definition) is 4. The number of hydrogen-bond acceptors (Lipinski definition) is 5. The van der Waals surface area contributed by atoms with Crippen molar-refractivity contribution in [2.24, 2.45) is 0 Å². The van der Waals surface area contributed by atoms with Crippen LogP contribution >= 0.6 is 0 Å². The molecule has 0 unspecified atom stereocenters. The van der Waals surface area contributed by atoms with Gasteiger partial charge in [0.1, 0.15) is 5.69 Å². The van der Waals surface area contributed by atoms with Crippen LogP contribution in [-0.2, 0) is 14.8 Å². The molecular weight excluding hydrogens is 372 g/mol. The van der Waals surface area contributed by atoms with Gasteiger partial charge in [-0.15, -0.1) is 0 Å². The highest BCUT2D eigenvalue weighted by molar-refractivity contribution is 7.89. The molecule has 1 aliphatic rings. The third kappa shape index (κ3) is 4.94. The minimum atomic E-state index is -3.68. The first-order valence-electron chi connectivity index (χ1n) is 8.41. The molecule has 2 aromatic rings. The molecule has 2 heterocycles. The number of hydrazine groups is 1. The predicted molar refractivity (Wildman–Crippen MR) is 96.3 cm³/mol. The standard InChI is InChI=1S/C17H20N4O5S/c22-16(20-21-17(23)15-4-1-9-18-15)12-5-7-14(8-6-12)27(24,25)19-11-13-3-2-10-26-13/h1,4-9,13,18-19H,2-3,10-11H2,(H,20,22)(H,21,23)/t13-/m0/s1. The van der Waals surface area contributed by atoms with Crippen molar-refractivity contribution in [3.05, 3.63) is 53.9 Å². The zero-order valence-electron chi connectivity index (χ0n) is 14.4. The van der Waals surface area contributed by atoms with Gasteiger partial charge in [-0.3, -0.25) is 20.4 Å². The van der Waals surface area contributed by atoms with Crippen LogP contribution in [0.25, 0.3) is 0 Å². The van der Waals surface area contributed by atoms with Crippen LogP contribution in [0.15, 0.2) is 47.5 Å². The number of carbonyl (C=O) groups is 2. The van der Waals surface area contributed by atoms with E-state index in [1.54, 1.807) is 18.3 Å². The lowest BCUT2D eigenvalue weighted by Gasteiger charge is -2.12. The van der Waals surface area contributed by atoms with Crippen LogP contribution in [0.2, 0.25) is 0 Å². The molecule has 27 heavy (non-hydrogen) atoms. The van der Waals surface area contributed by atoms with Crippen molar-refractivity contribution in [2.45, 2.75) is 23.8 Å². The molecule has 1 aromatic heterocycles. The monoisotopic (exact) mass is 392 g/mol. The third-order valence-corrected chi connectivity index (χ3v) is 5.52. The summed E-state index contributed by atoms with van der Waals surface area (Å²) in [5, 5.41) is 0. The highest BCUT2D eigenvalue weighted by Crippen LogP contribution is 2.14. The van der Waals surface area contributed by atoms with Crippen molar-refractivity contribution in [3.8, 4) is 0 Å². The SMILES string of the molecule is O=C(NNC(=O)c1ccc[nH]1)c1ccc(S(=O)(=O)NC[C@@H]2CCCO2)cc1. The number of benzene rings is 1. The molecule has 1 aromatic carbocycles. The first kappa shape index (κ1) is 19.1. The quantitative estimate of drug-likeness (QED) is 0.534. The molecule has 9 nitrogen and oxygen atoms in total. The minimum Gasteiger partial charge on any atom is -0.377 e. The number of rotatable bonds is 6. The Morgan fingerprint density at radius 1 is 1.11 bits per heavy atom. The second-order valence-corrected chi connectivity index (χ2v) is 7.77. The molecule has 0 aliphatic carbocycles. The normalized spacial score (nSPS) is 16.8. The maximum absolute atomic E-state index is 12.3. The molecule has 0 radical (unpaired) electrons. The number of amides is 2. The van der Waals surface area contributed by atoms with Gasteiger partial charge in [0.2, 0.25) is 10.0 Å². The number of aromatic amines is 1. The average Bonchev–Trinajstić information content (AvgIpc) is 3.38. The Balaban J connectivity index is 1.55. The maximum Gasteiger partial charge on any atom is 0.286 e. The van der Waals surface area contributed by atoms with Crippen LogP contribution in [0.1, 0.15) is 33.7 Å². The van der Waals surface area contributed by atoms with Crippen molar-refractivity contribution >= 4 is 21.8 Å². The van der Waals surface area contributed by atoms with E-state index in [2.05, 4.69) is 20.6 Å². The van der Waals surface area contributed by atoms with Crippen LogP contribution in [0.5, 0.6) is 0 Å². The molecule has 1 fully saturated rings. The molecule has 4 N–H and O–H groups in total. The van der Waals surface area contributed by atoms with Gasteiger partial charge < -0.3 is 9.72 Å². The van der Waals surface area contributed by atoms with Crippen LogP contribution in [0.4, 0.5) is 0 Å². The third-order valence-electron chi connectivity index (χ3n) is 4.08. The fourth-order valence-electron chi connectivity index (χ4n) is 2.60. The lowest BCUT2D eigenvalue weighted by Crippen LogP contribution is -2.41. The molecule has 1 atom stereocenters. The van der Waals surface area contributed by atoms with Crippen LogP contribution in [-0.4, -0.2) is 44.5 Å². The van der Waals surface area contributed by atoms with Crippen LogP contribution in [0.3, 0.4) is 0 Å². The Hall–Kier alpha value is -2.69. The molecule has 0 saturated carbocycles. The van der Waals surface area contributed by atoms with E-state index in [0.29, 0.717) is 12.3 Å². The van der Waals surface area contributed by atoms with E-state index in [9.17, 15) is 18.0 Å². The molecule has 0 bridgehead atoms. The minimum absolute atomic E-state index is 0.0486. The lowest BCUT2D eigenvalue weighted by atomic mass is 10.2. The molecule has 0 spiro atoms. The van der Waals surface area contributed by atoms with E-state index < -0.39 is 21.8 Å². The highest BCUT2D eigenvalue weighted by Gasteiger charge is 2.20. The second-order valence-electron chi connectivity index (χ2n) is 6.00. The number of aromatic nitrogens is 1. The summed E-state index contributed by atoms with van der Waals surface area (Å²) >= 11 is 0. The van der Waals surface area contributed by atoms with Gasteiger partial charge in [0.15, 0.2) is 0 Å². The second kappa shape index (κ2) is 8.33. The van der Waals surface area contributed by atoms with Crippen molar-refractivity contribution < 1.29 is 22.7 Å². The molecule has 144 valence electrons. The van der Waals surface area contributed by atoms with Gasteiger partial charge in [0.25, 0.3) is 11.8 Å². The predicted octanol–water partition coefficient (Wildman–Crippen LogP) is 0.547. The highest BCUT2D eigenvalue weighted by atomic mass is 32.2. The summed E-state index contributed by atoms with van der Waals surface area (Å²) in [7, 11) is -3.68. The van der Waals surface area contributed by atoms with Crippen LogP contribution < -0.4 is 15.6 Å². The topological polar surface area (TPSA) is 129 Å². The van der Waals surface area contributed by atoms with Crippen molar-refractivity contribution in [1.29, 1.82) is 0 Å². The zero-order chi connectivity index (χ0) is 19.3. The molecule has 10 heteroatoms. The van der Waals surface area contributed by atoms with Gasteiger partial charge in [-0.25, -0.2) is 13.1 Å². The van der Waals surface area contributed by atoms with Crippen molar-refractivity contribution in [1.82, 2.24) is 20.6 Å². The van der Waals surface area contributed by atoms with E-state index in [1.165, 1.54) is 24.3 Å². The molecular formula is C17H20N4O5S. The first-order valence-corrected chi connectivity index (χ1v) is 9.89. The lowest BCUT2D eigenvalue weighted by molar-refractivity contribution is 0.0844. The number of sulfonamides is 1. The summed E-state index contributed by atoms with van der Waals surface area (Å²) in [5.74, 6) is -1.06. The number of nitrogens with one attached hydrogen (secondary N) is 4. The number of ether oxygens (including phenoxy) is 1. The van der Waals surface area contributed by atoms with Gasteiger partial charge in [-0.05, 0) is 49.2 Å². The maximum atomic E-state index is 12.3. The van der Waals surface area contributed by atoms with Gasteiger partial charge in [-0.1, -0.05) is 0 Å². The van der Waals surface area contributed by atoms with E-state index >= 15 is 0 Å². The van der Waals surface area contributed by atoms with Gasteiger partial charge >= 0.3 is 0 Å². The van der Waals surface area contributed by atoms with E-state index in [-0.39, 0.29) is 23.1 Å². The van der Waals surface area contributed by atoms with Gasteiger partial charge in [-0.2, -0.15) is 0 Å². The smallest absolute Gasteiger partial charge is 0.286 e. The number of H-pyrrole nitrogens is 1. The van der Waals surface area contributed by atoms with Crippen LogP contribution in [0, 0.1) is 0 Å². The Morgan fingerprint density at radius 2 is 1.85 bits per heavy atom. The Labute approximate surface area is 156 Å². The Bertz CT molecular complexity index is 888. The van der Waals surface area contributed by atoms with E-state index in [4.69, 9.17) is 4.74 Å². The van der Waals surface area contributed by atoms with Gasteiger partial charge in [0.05, 0.1) is 11.0 Å². The summed E-state index contributed by atoms with van der Waals surface area (Å²) in [4.78, 5) is 26.6. The zero-order valence-corrected chi connectivity index (χ0v) is 15.2. The molecule has 1 saturated heterocycles. The number of carbonyl (C=O) groups excluding carboxylic acids is 2. The summed E-state index contributed by atoms with van der Waals surface area (Å²) in [5.41, 5.74) is 5.04. The Kier molecular flexibility index (Phi) is 5.89. The molecule has 1 aliphatic heterocycles. The summed E-state index contributed by atoms with van der Waals surface area (Å²) in [6.45, 7) is 0.867.